The van der Waals surface area contributed by atoms with E-state index in [1.165, 1.54) is 0 Å². The third-order valence-corrected chi connectivity index (χ3v) is 4.41. The second-order valence-corrected chi connectivity index (χ2v) is 6.67. The maximum Gasteiger partial charge on any atom is 0.263 e. The number of hydrogen-bond acceptors (Lipinski definition) is 4. The molecule has 1 aliphatic heterocycles. The van der Waals surface area contributed by atoms with Crippen LogP contribution in [-0.4, -0.2) is 49.3 Å². The topological polar surface area (TPSA) is 64.8 Å². The van der Waals surface area contributed by atoms with E-state index in [0.29, 0.717) is 18.9 Å². The Morgan fingerprint density at radius 2 is 2.17 bits per heavy atom. The number of ether oxygens (including phenoxy) is 2. The van der Waals surface area contributed by atoms with Crippen LogP contribution in [0.2, 0.25) is 0 Å². The molecule has 0 bridgehead atoms. The fraction of sp³-hybridized carbons (Fsp3) is 0.588. The summed E-state index contributed by atoms with van der Waals surface area (Å²) in [4.78, 5) is 14.4. The van der Waals surface area contributed by atoms with Crippen LogP contribution >= 0.6 is 15.9 Å². The van der Waals surface area contributed by atoms with Crippen LogP contribution in [0.4, 0.5) is 0 Å². The van der Waals surface area contributed by atoms with Crippen LogP contribution in [0, 0.1) is 0 Å². The highest BCUT2D eigenvalue weighted by molar-refractivity contribution is 9.10. The van der Waals surface area contributed by atoms with Crippen molar-refractivity contribution in [2.45, 2.75) is 38.4 Å². The Morgan fingerprint density at radius 1 is 1.43 bits per heavy atom. The molecule has 1 fully saturated rings. The zero-order valence-electron chi connectivity index (χ0n) is 13.5. The van der Waals surface area contributed by atoms with Gasteiger partial charge in [-0.25, -0.2) is 0 Å². The second-order valence-electron chi connectivity index (χ2n) is 5.76. The molecule has 0 saturated carbocycles. The van der Waals surface area contributed by atoms with E-state index in [0.717, 1.165) is 36.8 Å². The van der Waals surface area contributed by atoms with E-state index in [1.807, 2.05) is 29.2 Å². The van der Waals surface area contributed by atoms with Gasteiger partial charge in [0.05, 0.1) is 6.10 Å². The summed E-state index contributed by atoms with van der Waals surface area (Å²) in [5, 5.41) is 0. The van der Waals surface area contributed by atoms with Crippen molar-refractivity contribution in [2.24, 2.45) is 5.73 Å². The van der Waals surface area contributed by atoms with Crippen molar-refractivity contribution in [3.05, 3.63) is 28.7 Å². The molecule has 0 aliphatic carbocycles. The lowest BCUT2D eigenvalue weighted by Gasteiger charge is -2.33. The maximum atomic E-state index is 12.5. The van der Waals surface area contributed by atoms with E-state index >= 15 is 0 Å². The number of amides is 1. The van der Waals surface area contributed by atoms with Gasteiger partial charge in [0, 0.05) is 24.2 Å². The van der Waals surface area contributed by atoms with E-state index < -0.39 is 6.10 Å². The summed E-state index contributed by atoms with van der Waals surface area (Å²) in [6.45, 7) is 4.60. The van der Waals surface area contributed by atoms with Gasteiger partial charge >= 0.3 is 0 Å². The molecule has 1 amide bonds. The molecular weight excluding hydrogens is 360 g/mol. The van der Waals surface area contributed by atoms with E-state index in [-0.39, 0.29) is 12.0 Å². The lowest BCUT2D eigenvalue weighted by molar-refractivity contribution is -0.140. The van der Waals surface area contributed by atoms with Gasteiger partial charge < -0.3 is 20.1 Å². The standard InChI is InChI=1S/C17H25BrN2O3/c1-13(23-16-5-2-4-14(18)12-16)17(21)20-9-6-15(7-10-20)22-11-3-8-19/h2,4-5,12-13,15H,3,6-11,19H2,1H3. The molecule has 1 atom stereocenters. The van der Waals surface area contributed by atoms with Crippen LogP contribution in [0.5, 0.6) is 5.75 Å². The molecule has 1 saturated heterocycles. The molecule has 1 aliphatic rings. The van der Waals surface area contributed by atoms with Crippen LogP contribution in [0.25, 0.3) is 0 Å². The Hall–Kier alpha value is -1.11. The summed E-state index contributed by atoms with van der Waals surface area (Å²) < 4.78 is 12.5. The van der Waals surface area contributed by atoms with Gasteiger partial charge in [-0.15, -0.1) is 0 Å². The summed E-state index contributed by atoms with van der Waals surface area (Å²) >= 11 is 3.40. The SMILES string of the molecule is CC(Oc1cccc(Br)c1)C(=O)N1CCC(OCCCN)CC1. The van der Waals surface area contributed by atoms with Crippen molar-refractivity contribution in [3.8, 4) is 5.75 Å². The second kappa shape index (κ2) is 9.25. The zero-order chi connectivity index (χ0) is 16.7. The molecule has 6 heteroatoms. The monoisotopic (exact) mass is 384 g/mol. The summed E-state index contributed by atoms with van der Waals surface area (Å²) in [6.07, 6.45) is 2.39. The highest BCUT2D eigenvalue weighted by Crippen LogP contribution is 2.20. The number of rotatable bonds is 7. The van der Waals surface area contributed by atoms with Gasteiger partial charge in [0.15, 0.2) is 6.10 Å². The first-order valence-corrected chi connectivity index (χ1v) is 8.92. The van der Waals surface area contributed by atoms with Crippen LogP contribution in [0.15, 0.2) is 28.7 Å². The first-order chi connectivity index (χ1) is 11.1. The number of piperidine rings is 1. The number of benzene rings is 1. The fourth-order valence-electron chi connectivity index (χ4n) is 2.63. The highest BCUT2D eigenvalue weighted by Gasteiger charge is 2.27. The van der Waals surface area contributed by atoms with Gasteiger partial charge in [-0.05, 0) is 50.9 Å². The average Bonchev–Trinajstić information content (AvgIpc) is 2.55. The zero-order valence-corrected chi connectivity index (χ0v) is 15.1. The largest absolute Gasteiger partial charge is 0.481 e. The minimum absolute atomic E-state index is 0.0328. The number of halogens is 1. The van der Waals surface area contributed by atoms with Crippen molar-refractivity contribution < 1.29 is 14.3 Å². The van der Waals surface area contributed by atoms with Gasteiger partial charge in [-0.1, -0.05) is 22.0 Å². The van der Waals surface area contributed by atoms with E-state index in [1.54, 1.807) is 6.92 Å². The number of carbonyl (C=O) groups is 1. The third-order valence-electron chi connectivity index (χ3n) is 3.91. The van der Waals surface area contributed by atoms with Crippen LogP contribution < -0.4 is 10.5 Å². The first-order valence-electron chi connectivity index (χ1n) is 8.13. The van der Waals surface area contributed by atoms with Gasteiger partial charge in [0.1, 0.15) is 5.75 Å². The van der Waals surface area contributed by atoms with Gasteiger partial charge in [-0.2, -0.15) is 0 Å². The van der Waals surface area contributed by atoms with Gasteiger partial charge in [0.25, 0.3) is 5.91 Å². The van der Waals surface area contributed by atoms with Gasteiger partial charge in [-0.3, -0.25) is 4.79 Å². The minimum Gasteiger partial charge on any atom is -0.481 e. The minimum atomic E-state index is -0.487. The first kappa shape index (κ1) is 18.2. The Balaban J connectivity index is 1.77. The molecule has 1 unspecified atom stereocenters. The molecule has 2 rings (SSSR count). The number of nitrogens with two attached hydrogens (primary N) is 1. The summed E-state index contributed by atoms with van der Waals surface area (Å²) in [5.41, 5.74) is 5.46. The molecule has 1 aromatic rings. The summed E-state index contributed by atoms with van der Waals surface area (Å²) in [7, 11) is 0. The number of nitrogens with zero attached hydrogens (tertiary/aromatic N) is 1. The lowest BCUT2D eigenvalue weighted by atomic mass is 10.1. The average molecular weight is 385 g/mol. The van der Waals surface area contributed by atoms with Crippen molar-refractivity contribution in [3.63, 3.8) is 0 Å². The van der Waals surface area contributed by atoms with Crippen molar-refractivity contribution in [1.29, 1.82) is 0 Å². The predicted molar refractivity (Wildman–Crippen MR) is 93.5 cm³/mol. The molecule has 0 spiro atoms. The molecule has 1 aromatic carbocycles. The predicted octanol–water partition coefficient (Wildman–Crippen LogP) is 2.57. The molecule has 0 aromatic heterocycles. The van der Waals surface area contributed by atoms with Crippen molar-refractivity contribution >= 4 is 21.8 Å². The summed E-state index contributed by atoms with van der Waals surface area (Å²) in [6, 6.07) is 7.53. The number of hydrogen-bond donors (Lipinski definition) is 1. The smallest absolute Gasteiger partial charge is 0.263 e. The highest BCUT2D eigenvalue weighted by atomic mass is 79.9. The molecule has 2 N–H and O–H groups in total. The van der Waals surface area contributed by atoms with Gasteiger partial charge in [0.2, 0.25) is 0 Å². The van der Waals surface area contributed by atoms with Crippen LogP contribution in [-0.2, 0) is 9.53 Å². The van der Waals surface area contributed by atoms with E-state index in [9.17, 15) is 4.79 Å². The fourth-order valence-corrected chi connectivity index (χ4v) is 3.01. The number of likely N-dealkylation sites (tertiary alicyclic amines) is 1. The van der Waals surface area contributed by atoms with E-state index in [4.69, 9.17) is 15.2 Å². The lowest BCUT2D eigenvalue weighted by Crippen LogP contribution is -2.46. The molecule has 1 heterocycles. The Labute approximate surface area is 146 Å². The Kier molecular flexibility index (Phi) is 7.33. The van der Waals surface area contributed by atoms with Crippen molar-refractivity contribution in [2.75, 3.05) is 26.2 Å². The molecule has 128 valence electrons. The van der Waals surface area contributed by atoms with E-state index in [2.05, 4.69) is 15.9 Å². The molecule has 23 heavy (non-hydrogen) atoms. The Bertz CT molecular complexity index is 504. The van der Waals surface area contributed by atoms with Crippen LogP contribution in [0.1, 0.15) is 26.2 Å². The summed E-state index contributed by atoms with van der Waals surface area (Å²) in [5.74, 6) is 0.727. The molecule has 5 nitrogen and oxygen atoms in total. The number of carbonyl (C=O) groups excluding carboxylic acids is 1. The quantitative estimate of drug-likeness (QED) is 0.733. The van der Waals surface area contributed by atoms with Crippen LogP contribution in [0.3, 0.4) is 0 Å². The third kappa shape index (κ3) is 5.79. The molecular formula is C17H25BrN2O3. The Morgan fingerprint density at radius 3 is 2.83 bits per heavy atom. The normalized spacial score (nSPS) is 17.1. The van der Waals surface area contributed by atoms with Crippen molar-refractivity contribution in [1.82, 2.24) is 4.90 Å². The maximum absolute atomic E-state index is 12.5. The molecule has 0 radical (unpaired) electrons.